The van der Waals surface area contributed by atoms with Crippen LogP contribution in [0.15, 0.2) is 18.2 Å². The zero-order valence-electron chi connectivity index (χ0n) is 11.8. The highest BCUT2D eigenvalue weighted by Gasteiger charge is 2.16. The molecule has 0 fully saturated rings. The third kappa shape index (κ3) is 6.10. The molecule has 0 amide bonds. The van der Waals surface area contributed by atoms with E-state index in [2.05, 4.69) is 5.32 Å². The fourth-order valence-electron chi connectivity index (χ4n) is 1.97. The molecule has 1 aromatic carbocycles. The van der Waals surface area contributed by atoms with Gasteiger partial charge in [0.2, 0.25) is 0 Å². The molecule has 0 aliphatic heterocycles. The van der Waals surface area contributed by atoms with Crippen LogP contribution < -0.4 is 5.32 Å². The van der Waals surface area contributed by atoms with Crippen molar-refractivity contribution in [3.8, 4) is 0 Å². The smallest absolute Gasteiger partial charge is 0.303 e. The van der Waals surface area contributed by atoms with E-state index in [0.717, 1.165) is 6.42 Å². The summed E-state index contributed by atoms with van der Waals surface area (Å²) in [5.41, 5.74) is 0.483. The maximum absolute atomic E-state index is 10.9. The van der Waals surface area contributed by atoms with Gasteiger partial charge in [0.05, 0.1) is 15.5 Å². The number of halogens is 1. The predicted molar refractivity (Wildman–Crippen MR) is 80.5 cm³/mol. The topological polar surface area (TPSA) is 92.5 Å². The molecule has 1 unspecified atom stereocenters. The molecule has 0 aliphatic rings. The highest BCUT2D eigenvalue weighted by atomic mass is 35.5. The molecule has 2 N–H and O–H groups in total. The van der Waals surface area contributed by atoms with Crippen LogP contribution in [0.3, 0.4) is 0 Å². The number of benzene rings is 1. The summed E-state index contributed by atoms with van der Waals surface area (Å²) in [4.78, 5) is 20.9. The third-order valence-electron chi connectivity index (χ3n) is 3.26. The number of carboxylic acid groups (broad SMARTS) is 1. The Morgan fingerprint density at radius 2 is 2.19 bits per heavy atom. The molecule has 0 aromatic heterocycles. The lowest BCUT2D eigenvalue weighted by Crippen LogP contribution is -2.18. The molecule has 0 saturated heterocycles. The summed E-state index contributed by atoms with van der Waals surface area (Å²) in [5, 5.41) is 23.0. The molecule has 0 spiro atoms. The molecular formula is C14H19ClN2O4. The second-order valence-corrected chi connectivity index (χ2v) is 5.40. The van der Waals surface area contributed by atoms with Crippen molar-refractivity contribution in [3.63, 3.8) is 0 Å². The number of carboxylic acids is 1. The van der Waals surface area contributed by atoms with Crippen LogP contribution in [0.1, 0.15) is 31.7 Å². The number of aliphatic carboxylic acids is 1. The van der Waals surface area contributed by atoms with E-state index in [9.17, 15) is 14.9 Å². The molecule has 0 heterocycles. The van der Waals surface area contributed by atoms with Gasteiger partial charge in [0.25, 0.3) is 5.69 Å². The van der Waals surface area contributed by atoms with Gasteiger partial charge in [-0.1, -0.05) is 24.6 Å². The van der Waals surface area contributed by atoms with Gasteiger partial charge in [0, 0.05) is 19.0 Å². The molecule has 21 heavy (non-hydrogen) atoms. The molecule has 0 bridgehead atoms. The number of hydrogen-bond donors (Lipinski definition) is 2. The first-order valence-corrected chi connectivity index (χ1v) is 7.14. The minimum atomic E-state index is -0.790. The standard InChI is InChI=1S/C14H19ClN2O4/c1-10(5-6-14(18)19)7-8-16-9-11-12(15)3-2-4-13(11)17(20)21/h2-4,10,16H,5-9H2,1H3,(H,18,19). The molecule has 0 saturated carbocycles. The number of nitrogens with one attached hydrogen (secondary N) is 1. The van der Waals surface area contributed by atoms with Crippen LogP contribution >= 0.6 is 11.6 Å². The Morgan fingerprint density at radius 3 is 2.81 bits per heavy atom. The second-order valence-electron chi connectivity index (χ2n) is 5.00. The summed E-state index contributed by atoms with van der Waals surface area (Å²) in [6.07, 6.45) is 1.60. The zero-order valence-corrected chi connectivity index (χ0v) is 12.6. The summed E-state index contributed by atoms with van der Waals surface area (Å²) in [5.74, 6) is -0.503. The van der Waals surface area contributed by atoms with Crippen LogP contribution in [-0.4, -0.2) is 22.5 Å². The van der Waals surface area contributed by atoms with E-state index in [0.29, 0.717) is 30.1 Å². The van der Waals surface area contributed by atoms with Crippen molar-refractivity contribution < 1.29 is 14.8 Å². The Labute approximate surface area is 128 Å². The SMILES string of the molecule is CC(CCNCc1c(Cl)cccc1[N+](=O)[O-])CCC(=O)O. The van der Waals surface area contributed by atoms with Crippen LogP contribution in [-0.2, 0) is 11.3 Å². The van der Waals surface area contributed by atoms with E-state index >= 15 is 0 Å². The van der Waals surface area contributed by atoms with Crippen molar-refractivity contribution >= 4 is 23.3 Å². The molecule has 1 aromatic rings. The van der Waals surface area contributed by atoms with Crippen molar-refractivity contribution in [2.75, 3.05) is 6.54 Å². The molecule has 0 aliphatic carbocycles. The van der Waals surface area contributed by atoms with E-state index in [1.54, 1.807) is 12.1 Å². The van der Waals surface area contributed by atoms with Crippen LogP contribution in [0.25, 0.3) is 0 Å². The Hall–Kier alpha value is -1.66. The van der Waals surface area contributed by atoms with E-state index in [-0.39, 0.29) is 18.0 Å². The normalized spacial score (nSPS) is 12.1. The van der Waals surface area contributed by atoms with E-state index in [1.807, 2.05) is 6.92 Å². The summed E-state index contributed by atoms with van der Waals surface area (Å²) in [7, 11) is 0. The van der Waals surface area contributed by atoms with E-state index < -0.39 is 10.9 Å². The summed E-state index contributed by atoms with van der Waals surface area (Å²) < 4.78 is 0. The van der Waals surface area contributed by atoms with E-state index in [4.69, 9.17) is 16.7 Å². The number of rotatable bonds is 9. The van der Waals surface area contributed by atoms with Crippen molar-refractivity contribution in [3.05, 3.63) is 38.9 Å². The van der Waals surface area contributed by atoms with Gasteiger partial charge in [-0.25, -0.2) is 0 Å². The number of nitro benzene ring substituents is 1. The van der Waals surface area contributed by atoms with Gasteiger partial charge in [-0.15, -0.1) is 0 Å². The number of hydrogen-bond acceptors (Lipinski definition) is 4. The minimum Gasteiger partial charge on any atom is -0.481 e. The second kappa shape index (κ2) is 8.59. The first kappa shape index (κ1) is 17.4. The van der Waals surface area contributed by atoms with Crippen molar-refractivity contribution in [1.82, 2.24) is 5.32 Å². The van der Waals surface area contributed by atoms with Gasteiger partial charge >= 0.3 is 5.97 Å². The lowest BCUT2D eigenvalue weighted by Gasteiger charge is -2.11. The van der Waals surface area contributed by atoms with Gasteiger partial charge in [-0.3, -0.25) is 14.9 Å². The predicted octanol–water partition coefficient (Wildman–Crippen LogP) is 3.23. The first-order chi connectivity index (χ1) is 9.91. The van der Waals surface area contributed by atoms with E-state index in [1.165, 1.54) is 6.07 Å². The molecule has 6 nitrogen and oxygen atoms in total. The van der Waals surface area contributed by atoms with Gasteiger partial charge in [-0.2, -0.15) is 0 Å². The lowest BCUT2D eigenvalue weighted by molar-refractivity contribution is -0.385. The summed E-state index contributed by atoms with van der Waals surface area (Å²) in [6, 6.07) is 4.61. The Kier molecular flexibility index (Phi) is 7.11. The summed E-state index contributed by atoms with van der Waals surface area (Å²) in [6.45, 7) is 2.97. The average molecular weight is 315 g/mol. The van der Waals surface area contributed by atoms with Crippen LogP contribution in [0.5, 0.6) is 0 Å². The van der Waals surface area contributed by atoms with Crippen LogP contribution in [0.4, 0.5) is 5.69 Å². The van der Waals surface area contributed by atoms with Crippen molar-refractivity contribution in [2.45, 2.75) is 32.7 Å². The maximum atomic E-state index is 10.9. The van der Waals surface area contributed by atoms with Gasteiger partial charge < -0.3 is 10.4 Å². The number of carbonyl (C=O) groups is 1. The Balaban J connectivity index is 2.43. The van der Waals surface area contributed by atoms with Crippen LogP contribution in [0.2, 0.25) is 5.02 Å². The lowest BCUT2D eigenvalue weighted by atomic mass is 10.0. The zero-order chi connectivity index (χ0) is 15.8. The fourth-order valence-corrected chi connectivity index (χ4v) is 2.21. The number of nitro groups is 1. The number of nitrogens with zero attached hydrogens (tertiary/aromatic N) is 1. The van der Waals surface area contributed by atoms with Crippen molar-refractivity contribution in [1.29, 1.82) is 0 Å². The highest BCUT2D eigenvalue weighted by Crippen LogP contribution is 2.25. The summed E-state index contributed by atoms with van der Waals surface area (Å²) >= 11 is 5.99. The quantitative estimate of drug-likeness (QED) is 0.415. The maximum Gasteiger partial charge on any atom is 0.303 e. The fraction of sp³-hybridized carbons (Fsp3) is 0.500. The monoisotopic (exact) mass is 314 g/mol. The molecule has 1 rings (SSSR count). The highest BCUT2D eigenvalue weighted by molar-refractivity contribution is 6.31. The molecule has 1 atom stereocenters. The Bertz CT molecular complexity index is 508. The molecule has 116 valence electrons. The first-order valence-electron chi connectivity index (χ1n) is 6.76. The average Bonchev–Trinajstić information content (AvgIpc) is 2.42. The van der Waals surface area contributed by atoms with Gasteiger partial charge in [0.15, 0.2) is 0 Å². The minimum absolute atomic E-state index is 0.00826. The molecular weight excluding hydrogens is 296 g/mol. The largest absolute Gasteiger partial charge is 0.481 e. The molecule has 0 radical (unpaired) electrons. The third-order valence-corrected chi connectivity index (χ3v) is 3.61. The van der Waals surface area contributed by atoms with Gasteiger partial charge in [-0.05, 0) is 31.4 Å². The van der Waals surface area contributed by atoms with Crippen LogP contribution in [0, 0.1) is 16.0 Å². The van der Waals surface area contributed by atoms with Gasteiger partial charge in [0.1, 0.15) is 0 Å². The van der Waals surface area contributed by atoms with Crippen molar-refractivity contribution in [2.24, 2.45) is 5.92 Å². The Morgan fingerprint density at radius 1 is 1.48 bits per heavy atom. The molecule has 7 heteroatoms.